The molecule has 0 spiro atoms. The number of fused-ring (bicyclic) bond motifs is 3. The Morgan fingerprint density at radius 1 is 0.226 bits per heavy atom. The summed E-state index contributed by atoms with van der Waals surface area (Å²) in [7, 11) is 0. The summed E-state index contributed by atoms with van der Waals surface area (Å²) in [4.78, 5) is 2.41. The molecule has 62 heavy (non-hydrogen) atoms. The highest BCUT2D eigenvalue weighted by Gasteiger charge is 2.45. The average Bonchev–Trinajstić information content (AvgIpc) is 3.67. The maximum absolute atomic E-state index is 2.41. The van der Waals surface area contributed by atoms with Crippen molar-refractivity contribution in [1.29, 1.82) is 0 Å². The lowest BCUT2D eigenvalue weighted by atomic mass is 9.68. The van der Waals surface area contributed by atoms with Crippen LogP contribution in [0, 0.1) is 0 Å². The maximum atomic E-state index is 2.41. The second-order valence-corrected chi connectivity index (χ2v) is 16.1. The summed E-state index contributed by atoms with van der Waals surface area (Å²) in [6.45, 7) is 0. The van der Waals surface area contributed by atoms with Crippen LogP contribution >= 0.6 is 0 Å². The van der Waals surface area contributed by atoms with E-state index < -0.39 is 5.41 Å². The van der Waals surface area contributed by atoms with Crippen molar-refractivity contribution in [3.63, 3.8) is 0 Å². The molecule has 1 aliphatic rings. The highest BCUT2D eigenvalue weighted by molar-refractivity contribution is 5.88. The zero-order valence-corrected chi connectivity index (χ0v) is 34.3. The number of nitrogens with zero attached hydrogens (tertiary/aromatic N) is 1. The van der Waals surface area contributed by atoms with Gasteiger partial charge in [0.25, 0.3) is 0 Å². The molecule has 0 bridgehead atoms. The summed E-state index contributed by atoms with van der Waals surface area (Å²) < 4.78 is 0. The molecule has 0 heterocycles. The molecule has 1 nitrogen and oxygen atoms in total. The molecule has 0 amide bonds. The Morgan fingerprint density at radius 3 is 1.00 bits per heavy atom. The van der Waals surface area contributed by atoms with Gasteiger partial charge in [0, 0.05) is 17.1 Å². The van der Waals surface area contributed by atoms with Crippen LogP contribution in [0.25, 0.3) is 55.6 Å². The van der Waals surface area contributed by atoms with E-state index in [0.29, 0.717) is 0 Å². The molecule has 292 valence electrons. The zero-order chi connectivity index (χ0) is 41.3. The standard InChI is InChI=1S/C61H43N/c1-5-17-44(18-6-1)47-29-31-48(32-30-47)49-33-37-54(38-34-49)62(56-42-50(45-19-7-2-8-20-45)41-51(43-56)46-21-9-3-10-22-46)55-39-35-53(36-40-55)61(52-23-11-4-12-24-52)59-27-15-13-25-57(59)58-26-14-16-28-60(58)61/h1-43H. The molecule has 1 heteroatoms. The van der Waals surface area contributed by atoms with Crippen molar-refractivity contribution in [2.24, 2.45) is 0 Å². The van der Waals surface area contributed by atoms with Crippen LogP contribution in [0.1, 0.15) is 22.3 Å². The van der Waals surface area contributed by atoms with Gasteiger partial charge in [0.2, 0.25) is 0 Å². The molecule has 0 saturated carbocycles. The largest absolute Gasteiger partial charge is 0.310 e. The van der Waals surface area contributed by atoms with Crippen LogP contribution in [0.4, 0.5) is 17.1 Å². The molecule has 10 aromatic rings. The third kappa shape index (κ3) is 6.52. The van der Waals surface area contributed by atoms with E-state index in [4.69, 9.17) is 0 Å². The first-order chi connectivity index (χ1) is 30.7. The Kier molecular flexibility index (Phi) is 9.48. The predicted molar refractivity (Wildman–Crippen MR) is 260 cm³/mol. The van der Waals surface area contributed by atoms with Gasteiger partial charge in [-0.05, 0) is 120 Å². The monoisotopic (exact) mass is 789 g/mol. The fourth-order valence-electron chi connectivity index (χ4n) is 9.64. The lowest BCUT2D eigenvalue weighted by molar-refractivity contribution is 0.768. The quantitative estimate of drug-likeness (QED) is 0.141. The molecule has 0 atom stereocenters. The Morgan fingerprint density at radius 2 is 0.548 bits per heavy atom. The third-order valence-electron chi connectivity index (χ3n) is 12.6. The van der Waals surface area contributed by atoms with Crippen LogP contribution in [0.15, 0.2) is 261 Å². The van der Waals surface area contributed by atoms with E-state index in [9.17, 15) is 0 Å². The first kappa shape index (κ1) is 37.0. The van der Waals surface area contributed by atoms with Crippen molar-refractivity contribution < 1.29 is 0 Å². The summed E-state index contributed by atoms with van der Waals surface area (Å²) in [6, 6.07) is 95.2. The van der Waals surface area contributed by atoms with Gasteiger partial charge in [0.1, 0.15) is 0 Å². The van der Waals surface area contributed by atoms with E-state index in [2.05, 4.69) is 266 Å². The molecular formula is C61H43N. The van der Waals surface area contributed by atoms with Crippen LogP contribution in [0.3, 0.4) is 0 Å². The molecule has 1 aliphatic carbocycles. The summed E-state index contributed by atoms with van der Waals surface area (Å²) in [5.74, 6) is 0. The topological polar surface area (TPSA) is 3.24 Å². The Bertz CT molecular complexity index is 3020. The molecule has 0 unspecified atom stereocenters. The van der Waals surface area contributed by atoms with Crippen LogP contribution in [-0.4, -0.2) is 0 Å². The maximum Gasteiger partial charge on any atom is 0.0713 e. The van der Waals surface area contributed by atoms with E-state index in [1.807, 2.05) is 0 Å². The molecule has 0 fully saturated rings. The highest BCUT2D eigenvalue weighted by atomic mass is 15.1. The molecule has 0 aliphatic heterocycles. The summed E-state index contributed by atoms with van der Waals surface area (Å²) in [6.07, 6.45) is 0. The molecule has 11 rings (SSSR count). The van der Waals surface area contributed by atoms with E-state index in [1.165, 1.54) is 77.9 Å². The van der Waals surface area contributed by atoms with Gasteiger partial charge in [-0.25, -0.2) is 0 Å². The first-order valence-corrected chi connectivity index (χ1v) is 21.4. The minimum absolute atomic E-state index is 0.469. The van der Waals surface area contributed by atoms with Gasteiger partial charge < -0.3 is 4.90 Å². The molecular weight excluding hydrogens is 747 g/mol. The van der Waals surface area contributed by atoms with Gasteiger partial charge in [-0.15, -0.1) is 0 Å². The third-order valence-corrected chi connectivity index (χ3v) is 12.6. The van der Waals surface area contributed by atoms with Crippen molar-refractivity contribution in [3.8, 4) is 55.6 Å². The molecule has 0 saturated heterocycles. The lowest BCUT2D eigenvalue weighted by Crippen LogP contribution is -2.28. The Hall–Kier alpha value is -8.00. The van der Waals surface area contributed by atoms with Crippen molar-refractivity contribution in [1.82, 2.24) is 0 Å². The van der Waals surface area contributed by atoms with Gasteiger partial charge in [-0.2, -0.15) is 0 Å². The van der Waals surface area contributed by atoms with Gasteiger partial charge >= 0.3 is 0 Å². The lowest BCUT2D eigenvalue weighted by Gasteiger charge is -2.34. The SMILES string of the molecule is c1ccc(-c2ccc(-c3ccc(N(c4ccc(C5(c6ccccc6)c6ccccc6-c6ccccc65)cc4)c4cc(-c5ccccc5)cc(-c5ccccc5)c4)cc3)cc2)cc1. The van der Waals surface area contributed by atoms with Crippen molar-refractivity contribution >= 4 is 17.1 Å². The first-order valence-electron chi connectivity index (χ1n) is 21.4. The normalized spacial score (nSPS) is 12.3. The zero-order valence-electron chi connectivity index (χ0n) is 34.3. The van der Waals surface area contributed by atoms with Gasteiger partial charge in [-0.3, -0.25) is 0 Å². The number of benzene rings is 10. The van der Waals surface area contributed by atoms with E-state index >= 15 is 0 Å². The minimum atomic E-state index is -0.469. The summed E-state index contributed by atoms with van der Waals surface area (Å²) in [5, 5.41) is 0. The molecule has 0 radical (unpaired) electrons. The fourth-order valence-corrected chi connectivity index (χ4v) is 9.64. The van der Waals surface area contributed by atoms with Crippen molar-refractivity contribution in [2.75, 3.05) is 4.90 Å². The van der Waals surface area contributed by atoms with Gasteiger partial charge in [0.15, 0.2) is 0 Å². The smallest absolute Gasteiger partial charge is 0.0713 e. The molecule has 0 aromatic heterocycles. The van der Waals surface area contributed by atoms with Crippen molar-refractivity contribution in [2.45, 2.75) is 5.41 Å². The predicted octanol–water partition coefficient (Wildman–Crippen LogP) is 16.2. The van der Waals surface area contributed by atoms with E-state index in [0.717, 1.165) is 17.1 Å². The second kappa shape index (κ2) is 15.9. The highest BCUT2D eigenvalue weighted by Crippen LogP contribution is 2.56. The molecule has 10 aromatic carbocycles. The number of hydrogen-bond donors (Lipinski definition) is 0. The van der Waals surface area contributed by atoms with Crippen LogP contribution < -0.4 is 4.90 Å². The summed E-state index contributed by atoms with van der Waals surface area (Å²) >= 11 is 0. The van der Waals surface area contributed by atoms with E-state index in [1.54, 1.807) is 0 Å². The average molecular weight is 790 g/mol. The van der Waals surface area contributed by atoms with E-state index in [-0.39, 0.29) is 0 Å². The Labute approximate surface area is 364 Å². The molecule has 0 N–H and O–H groups in total. The summed E-state index contributed by atoms with van der Waals surface area (Å²) in [5.41, 5.74) is 20.0. The number of anilines is 3. The van der Waals surface area contributed by atoms with Gasteiger partial charge in [-0.1, -0.05) is 218 Å². The van der Waals surface area contributed by atoms with Crippen LogP contribution in [-0.2, 0) is 5.41 Å². The van der Waals surface area contributed by atoms with Crippen molar-refractivity contribution in [3.05, 3.63) is 283 Å². The van der Waals surface area contributed by atoms with Gasteiger partial charge in [0.05, 0.1) is 5.41 Å². The van der Waals surface area contributed by atoms with Crippen LogP contribution in [0.2, 0.25) is 0 Å². The number of hydrogen-bond acceptors (Lipinski definition) is 1. The minimum Gasteiger partial charge on any atom is -0.310 e. The number of rotatable bonds is 9. The Balaban J connectivity index is 1.07. The fraction of sp³-hybridized carbons (Fsp3) is 0.0164. The van der Waals surface area contributed by atoms with Crippen LogP contribution in [0.5, 0.6) is 0 Å². The second-order valence-electron chi connectivity index (χ2n) is 16.1.